The summed E-state index contributed by atoms with van der Waals surface area (Å²) >= 11 is 1.62. The molecule has 0 aliphatic carbocycles. The number of hydrogen-bond donors (Lipinski definition) is 2. The Labute approximate surface area is 93.6 Å². The van der Waals surface area contributed by atoms with Gasteiger partial charge in [-0.15, -0.1) is 11.3 Å². The molecule has 1 heterocycles. The lowest BCUT2D eigenvalue weighted by Crippen LogP contribution is -2.40. The van der Waals surface area contributed by atoms with Crippen LogP contribution in [0.4, 0.5) is 0 Å². The Hall–Kier alpha value is -0.530. The summed E-state index contributed by atoms with van der Waals surface area (Å²) in [6, 6.07) is 0.105. The first-order chi connectivity index (χ1) is 7.36. The summed E-state index contributed by atoms with van der Waals surface area (Å²) in [5.74, 6) is 5.42. The Kier molecular flexibility index (Phi) is 6.45. The highest BCUT2D eigenvalue weighted by Crippen LogP contribution is 2.06. The number of aromatic nitrogens is 1. The van der Waals surface area contributed by atoms with Crippen LogP contribution in [-0.4, -0.2) is 38.0 Å². The van der Waals surface area contributed by atoms with Crippen molar-refractivity contribution in [3.05, 3.63) is 16.6 Å². The maximum atomic E-state index is 5.42. The number of nitrogens with zero attached hydrogens (tertiary/aromatic N) is 1. The van der Waals surface area contributed by atoms with E-state index >= 15 is 0 Å². The van der Waals surface area contributed by atoms with Gasteiger partial charge in [-0.25, -0.2) is 4.98 Å². The van der Waals surface area contributed by atoms with Crippen molar-refractivity contribution in [2.75, 3.05) is 26.9 Å². The normalized spacial score (nSPS) is 12.9. The van der Waals surface area contributed by atoms with E-state index in [1.165, 1.54) is 0 Å². The summed E-state index contributed by atoms with van der Waals surface area (Å²) in [5, 5.41) is 3.02. The molecule has 1 unspecified atom stereocenters. The zero-order valence-electron chi connectivity index (χ0n) is 8.81. The third-order valence-electron chi connectivity index (χ3n) is 1.89. The molecule has 0 aliphatic rings. The van der Waals surface area contributed by atoms with Gasteiger partial charge in [0, 0.05) is 25.1 Å². The number of thiazole rings is 1. The highest BCUT2D eigenvalue weighted by atomic mass is 32.1. The SMILES string of the molecule is COCCOCC(Cc1nccs1)NN. The van der Waals surface area contributed by atoms with Gasteiger partial charge in [-0.05, 0) is 0 Å². The molecule has 1 aromatic heterocycles. The summed E-state index contributed by atoms with van der Waals surface area (Å²) in [4.78, 5) is 4.19. The van der Waals surface area contributed by atoms with E-state index in [9.17, 15) is 0 Å². The van der Waals surface area contributed by atoms with Gasteiger partial charge in [0.25, 0.3) is 0 Å². The van der Waals surface area contributed by atoms with E-state index in [0.717, 1.165) is 11.4 Å². The molecule has 3 N–H and O–H groups in total. The average Bonchev–Trinajstić information content (AvgIpc) is 2.75. The molecule has 0 radical (unpaired) electrons. The van der Waals surface area contributed by atoms with Gasteiger partial charge in [-0.1, -0.05) is 0 Å². The van der Waals surface area contributed by atoms with E-state index in [2.05, 4.69) is 10.4 Å². The van der Waals surface area contributed by atoms with E-state index in [4.69, 9.17) is 15.3 Å². The molecule has 0 amide bonds. The smallest absolute Gasteiger partial charge is 0.0941 e. The number of hydrogen-bond acceptors (Lipinski definition) is 6. The van der Waals surface area contributed by atoms with Gasteiger partial charge in [0.05, 0.1) is 30.9 Å². The topological polar surface area (TPSA) is 69.4 Å². The van der Waals surface area contributed by atoms with E-state index < -0.39 is 0 Å². The van der Waals surface area contributed by atoms with Gasteiger partial charge in [0.15, 0.2) is 0 Å². The molecular formula is C9H17N3O2S. The van der Waals surface area contributed by atoms with Crippen molar-refractivity contribution in [3.63, 3.8) is 0 Å². The van der Waals surface area contributed by atoms with Crippen LogP contribution in [0.1, 0.15) is 5.01 Å². The first-order valence-corrected chi connectivity index (χ1v) is 5.66. The van der Waals surface area contributed by atoms with E-state index in [0.29, 0.717) is 19.8 Å². The third kappa shape index (κ3) is 5.19. The number of nitrogens with two attached hydrogens (primary N) is 1. The summed E-state index contributed by atoms with van der Waals surface area (Å²) < 4.78 is 10.3. The van der Waals surface area contributed by atoms with Crippen LogP contribution < -0.4 is 11.3 Å². The zero-order chi connectivity index (χ0) is 10.9. The number of methoxy groups -OCH3 is 1. The molecule has 6 heteroatoms. The fourth-order valence-electron chi connectivity index (χ4n) is 1.10. The molecule has 0 fully saturated rings. The molecule has 5 nitrogen and oxygen atoms in total. The van der Waals surface area contributed by atoms with Gasteiger partial charge in [0.1, 0.15) is 0 Å². The fourth-order valence-corrected chi connectivity index (χ4v) is 1.80. The van der Waals surface area contributed by atoms with Crippen LogP contribution in [0.3, 0.4) is 0 Å². The molecular weight excluding hydrogens is 214 g/mol. The van der Waals surface area contributed by atoms with Crippen LogP contribution in [0.2, 0.25) is 0 Å². The van der Waals surface area contributed by atoms with Gasteiger partial charge < -0.3 is 9.47 Å². The van der Waals surface area contributed by atoms with Gasteiger partial charge in [0.2, 0.25) is 0 Å². The molecule has 1 atom stereocenters. The largest absolute Gasteiger partial charge is 0.382 e. The molecule has 0 aromatic carbocycles. The van der Waals surface area contributed by atoms with Crippen molar-refractivity contribution in [2.45, 2.75) is 12.5 Å². The molecule has 1 rings (SSSR count). The maximum absolute atomic E-state index is 5.42. The van der Waals surface area contributed by atoms with Crippen molar-refractivity contribution >= 4 is 11.3 Å². The summed E-state index contributed by atoms with van der Waals surface area (Å²) in [6.07, 6.45) is 2.58. The fraction of sp³-hybridized carbons (Fsp3) is 0.667. The highest BCUT2D eigenvalue weighted by Gasteiger charge is 2.09. The molecule has 86 valence electrons. The molecule has 0 bridgehead atoms. The maximum Gasteiger partial charge on any atom is 0.0941 e. The van der Waals surface area contributed by atoms with Crippen molar-refractivity contribution in [1.82, 2.24) is 10.4 Å². The molecule has 0 saturated carbocycles. The van der Waals surface area contributed by atoms with E-state index in [-0.39, 0.29) is 6.04 Å². The molecule has 1 aromatic rings. The number of nitrogens with one attached hydrogen (secondary N) is 1. The standard InChI is InChI=1S/C9H17N3O2S/c1-13-3-4-14-7-8(12-10)6-9-11-2-5-15-9/h2,5,8,12H,3-4,6-7,10H2,1H3. The first kappa shape index (κ1) is 12.5. The monoisotopic (exact) mass is 231 g/mol. The number of rotatable bonds is 8. The average molecular weight is 231 g/mol. The van der Waals surface area contributed by atoms with E-state index in [1.807, 2.05) is 5.38 Å². The minimum absolute atomic E-state index is 0.105. The number of ether oxygens (including phenoxy) is 2. The van der Waals surface area contributed by atoms with Crippen molar-refractivity contribution < 1.29 is 9.47 Å². The summed E-state index contributed by atoms with van der Waals surface area (Å²) in [7, 11) is 1.65. The molecule has 15 heavy (non-hydrogen) atoms. The van der Waals surface area contributed by atoms with Crippen LogP contribution in [0.5, 0.6) is 0 Å². The lowest BCUT2D eigenvalue weighted by atomic mass is 10.2. The highest BCUT2D eigenvalue weighted by molar-refractivity contribution is 7.09. The van der Waals surface area contributed by atoms with Crippen LogP contribution >= 0.6 is 11.3 Å². The molecule has 0 spiro atoms. The summed E-state index contributed by atoms with van der Waals surface area (Å²) in [5.41, 5.74) is 2.72. The second-order valence-corrected chi connectivity index (χ2v) is 4.04. The molecule has 0 saturated heterocycles. The second-order valence-electron chi connectivity index (χ2n) is 3.06. The lowest BCUT2D eigenvalue weighted by molar-refractivity contribution is 0.0587. The molecule has 0 aliphatic heterocycles. The van der Waals surface area contributed by atoms with Crippen molar-refractivity contribution in [3.8, 4) is 0 Å². The first-order valence-electron chi connectivity index (χ1n) is 4.78. The Morgan fingerprint density at radius 3 is 3.07 bits per heavy atom. The van der Waals surface area contributed by atoms with Crippen LogP contribution in [0.15, 0.2) is 11.6 Å². The van der Waals surface area contributed by atoms with Gasteiger partial charge in [-0.2, -0.15) is 0 Å². The van der Waals surface area contributed by atoms with Crippen LogP contribution in [-0.2, 0) is 15.9 Å². The Balaban J connectivity index is 2.18. The number of hydrazine groups is 1. The minimum Gasteiger partial charge on any atom is -0.382 e. The zero-order valence-corrected chi connectivity index (χ0v) is 9.63. The van der Waals surface area contributed by atoms with Gasteiger partial charge in [-0.3, -0.25) is 11.3 Å². The van der Waals surface area contributed by atoms with Crippen LogP contribution in [0, 0.1) is 0 Å². The Morgan fingerprint density at radius 1 is 1.60 bits per heavy atom. The Bertz CT molecular complexity index is 244. The predicted molar refractivity (Wildman–Crippen MR) is 59.6 cm³/mol. The van der Waals surface area contributed by atoms with Gasteiger partial charge >= 0.3 is 0 Å². The second kappa shape index (κ2) is 7.72. The summed E-state index contributed by atoms with van der Waals surface area (Å²) in [6.45, 7) is 1.76. The Morgan fingerprint density at radius 2 is 2.47 bits per heavy atom. The van der Waals surface area contributed by atoms with E-state index in [1.54, 1.807) is 24.6 Å². The minimum atomic E-state index is 0.105. The third-order valence-corrected chi connectivity index (χ3v) is 2.69. The quantitative estimate of drug-likeness (QED) is 0.379. The lowest BCUT2D eigenvalue weighted by Gasteiger charge is -2.14. The van der Waals surface area contributed by atoms with Crippen molar-refractivity contribution in [1.29, 1.82) is 0 Å². The predicted octanol–water partition coefficient (Wildman–Crippen LogP) is 0.181. The van der Waals surface area contributed by atoms with Crippen molar-refractivity contribution in [2.24, 2.45) is 5.84 Å². The van der Waals surface area contributed by atoms with Crippen LogP contribution in [0.25, 0.3) is 0 Å².